The van der Waals surface area contributed by atoms with Crippen molar-refractivity contribution >= 4 is 33.2 Å². The molecule has 0 saturated heterocycles. The lowest BCUT2D eigenvalue weighted by Crippen LogP contribution is -2.01. The molecule has 0 aromatic heterocycles. The van der Waals surface area contributed by atoms with Gasteiger partial charge in [0.2, 0.25) is 0 Å². The number of halogens is 3. The van der Waals surface area contributed by atoms with Crippen molar-refractivity contribution in [2.24, 2.45) is 0 Å². The van der Waals surface area contributed by atoms with E-state index in [1.54, 1.807) is 19.2 Å². The monoisotopic (exact) mass is 343 g/mol. The number of hydrogen-bond acceptors (Lipinski definition) is 2. The van der Waals surface area contributed by atoms with Crippen LogP contribution in [0.4, 0.5) is 10.1 Å². The first-order valence-electron chi connectivity index (χ1n) is 5.61. The quantitative estimate of drug-likeness (QED) is 0.855. The number of nitrogens with one attached hydrogen (secondary N) is 1. The first-order chi connectivity index (χ1) is 9.10. The van der Waals surface area contributed by atoms with Crippen LogP contribution in [-0.4, -0.2) is 7.11 Å². The van der Waals surface area contributed by atoms with E-state index in [9.17, 15) is 4.39 Å². The first kappa shape index (κ1) is 14.2. The molecule has 0 amide bonds. The topological polar surface area (TPSA) is 21.3 Å². The average Bonchev–Trinajstić information content (AvgIpc) is 2.40. The van der Waals surface area contributed by atoms with E-state index in [0.717, 1.165) is 21.5 Å². The molecule has 0 heterocycles. The zero-order valence-corrected chi connectivity index (χ0v) is 12.6. The molecule has 2 aromatic carbocycles. The predicted molar refractivity (Wildman–Crippen MR) is 79.4 cm³/mol. The molecule has 0 fully saturated rings. The lowest BCUT2D eigenvalue weighted by atomic mass is 10.2. The van der Waals surface area contributed by atoms with E-state index in [1.165, 1.54) is 6.07 Å². The Kier molecular flexibility index (Phi) is 4.66. The van der Waals surface area contributed by atoms with Crippen molar-refractivity contribution in [1.29, 1.82) is 0 Å². The molecule has 2 aromatic rings. The molecule has 2 rings (SSSR count). The average molecular weight is 345 g/mol. The van der Waals surface area contributed by atoms with Gasteiger partial charge in [-0.15, -0.1) is 0 Å². The largest absolute Gasteiger partial charge is 0.495 e. The zero-order chi connectivity index (χ0) is 13.8. The van der Waals surface area contributed by atoms with Crippen molar-refractivity contribution in [2.45, 2.75) is 6.54 Å². The van der Waals surface area contributed by atoms with Crippen molar-refractivity contribution < 1.29 is 9.13 Å². The van der Waals surface area contributed by atoms with Gasteiger partial charge in [0.15, 0.2) is 0 Å². The van der Waals surface area contributed by atoms with Crippen LogP contribution in [0.25, 0.3) is 0 Å². The smallest absolute Gasteiger partial charge is 0.142 e. The van der Waals surface area contributed by atoms with Crippen LogP contribution in [0.1, 0.15) is 5.56 Å². The van der Waals surface area contributed by atoms with E-state index >= 15 is 0 Å². The molecule has 2 nitrogen and oxygen atoms in total. The Morgan fingerprint density at radius 1 is 1.26 bits per heavy atom. The number of hydrogen-bond donors (Lipinski definition) is 1. The molecular formula is C14H12BrClFNO. The maximum absolute atomic E-state index is 13.1. The van der Waals surface area contributed by atoms with E-state index in [4.69, 9.17) is 16.3 Å². The summed E-state index contributed by atoms with van der Waals surface area (Å²) >= 11 is 9.15. The molecular weight excluding hydrogens is 333 g/mol. The Labute approximate surface area is 124 Å². The van der Waals surface area contributed by atoms with Crippen LogP contribution >= 0.6 is 27.5 Å². The van der Waals surface area contributed by atoms with Crippen LogP contribution in [0.3, 0.4) is 0 Å². The van der Waals surface area contributed by atoms with Gasteiger partial charge in [0.1, 0.15) is 11.6 Å². The van der Waals surface area contributed by atoms with Crippen LogP contribution in [0, 0.1) is 5.82 Å². The number of rotatable bonds is 4. The molecule has 0 radical (unpaired) electrons. The maximum Gasteiger partial charge on any atom is 0.142 e. The summed E-state index contributed by atoms with van der Waals surface area (Å²) in [6.07, 6.45) is 0. The lowest BCUT2D eigenvalue weighted by molar-refractivity contribution is 0.416. The Morgan fingerprint density at radius 3 is 2.74 bits per heavy atom. The molecule has 5 heteroatoms. The molecule has 0 unspecified atom stereocenters. The van der Waals surface area contributed by atoms with Crippen LogP contribution in [-0.2, 0) is 6.54 Å². The number of anilines is 1. The number of ether oxygens (including phenoxy) is 1. The van der Waals surface area contributed by atoms with Gasteiger partial charge in [0, 0.05) is 11.0 Å². The molecule has 1 N–H and O–H groups in total. The molecule has 0 bridgehead atoms. The first-order valence-corrected chi connectivity index (χ1v) is 6.78. The second-order valence-electron chi connectivity index (χ2n) is 3.95. The number of benzene rings is 2. The van der Waals surface area contributed by atoms with Gasteiger partial charge in [-0.1, -0.05) is 33.6 Å². The van der Waals surface area contributed by atoms with Crippen LogP contribution in [0.15, 0.2) is 40.9 Å². The van der Waals surface area contributed by atoms with Crippen molar-refractivity contribution in [2.75, 3.05) is 12.4 Å². The van der Waals surface area contributed by atoms with Gasteiger partial charge >= 0.3 is 0 Å². The summed E-state index contributed by atoms with van der Waals surface area (Å²) in [5, 5.41) is 3.36. The van der Waals surface area contributed by atoms with Gasteiger partial charge in [0.05, 0.1) is 17.8 Å². The van der Waals surface area contributed by atoms with E-state index in [0.29, 0.717) is 6.54 Å². The Balaban J connectivity index is 2.13. The Bertz CT molecular complexity index is 592. The molecule has 0 aliphatic heterocycles. The molecule has 0 aliphatic rings. The Hall–Kier alpha value is -1.26. The summed E-state index contributed by atoms with van der Waals surface area (Å²) < 4.78 is 19.3. The summed E-state index contributed by atoms with van der Waals surface area (Å²) in [5.41, 5.74) is 1.76. The van der Waals surface area contributed by atoms with E-state index in [-0.39, 0.29) is 5.02 Å². The molecule has 0 atom stereocenters. The summed E-state index contributed by atoms with van der Waals surface area (Å²) in [7, 11) is 1.61. The van der Waals surface area contributed by atoms with E-state index < -0.39 is 5.82 Å². The zero-order valence-electron chi connectivity index (χ0n) is 10.2. The van der Waals surface area contributed by atoms with Crippen molar-refractivity contribution in [1.82, 2.24) is 0 Å². The van der Waals surface area contributed by atoms with Gasteiger partial charge in [-0.2, -0.15) is 0 Å². The molecule has 19 heavy (non-hydrogen) atoms. The standard InChI is InChI=1S/C14H12BrClFNO/c1-19-14-5-3-10(15)7-13(14)18-8-9-2-4-12(17)11(16)6-9/h2-7,18H,8H2,1H3. The third-order valence-corrected chi connectivity index (χ3v) is 3.41. The molecule has 0 spiro atoms. The third kappa shape index (κ3) is 3.61. The minimum absolute atomic E-state index is 0.125. The highest BCUT2D eigenvalue weighted by molar-refractivity contribution is 9.10. The van der Waals surface area contributed by atoms with Crippen LogP contribution in [0.5, 0.6) is 5.75 Å². The van der Waals surface area contributed by atoms with Crippen molar-refractivity contribution in [3.8, 4) is 5.75 Å². The van der Waals surface area contributed by atoms with E-state index in [2.05, 4.69) is 21.2 Å². The van der Waals surface area contributed by atoms with Crippen LogP contribution < -0.4 is 10.1 Å². The van der Waals surface area contributed by atoms with Gasteiger partial charge in [-0.25, -0.2) is 4.39 Å². The number of methoxy groups -OCH3 is 1. The fourth-order valence-electron chi connectivity index (χ4n) is 1.67. The molecule has 0 aliphatic carbocycles. The van der Waals surface area contributed by atoms with E-state index in [1.807, 2.05) is 18.2 Å². The second-order valence-corrected chi connectivity index (χ2v) is 5.27. The maximum atomic E-state index is 13.1. The minimum atomic E-state index is -0.412. The predicted octanol–water partition coefficient (Wildman–Crippen LogP) is 4.86. The van der Waals surface area contributed by atoms with Gasteiger partial charge < -0.3 is 10.1 Å². The highest BCUT2D eigenvalue weighted by atomic mass is 79.9. The molecule has 0 saturated carbocycles. The minimum Gasteiger partial charge on any atom is -0.495 e. The summed E-state index contributed by atoms with van der Waals surface area (Å²) in [6.45, 7) is 0.535. The second kappa shape index (κ2) is 6.26. The normalized spacial score (nSPS) is 10.3. The molecule has 100 valence electrons. The van der Waals surface area contributed by atoms with Gasteiger partial charge in [-0.3, -0.25) is 0 Å². The summed E-state index contributed by atoms with van der Waals surface area (Å²) in [4.78, 5) is 0. The summed E-state index contributed by atoms with van der Waals surface area (Å²) in [5.74, 6) is 0.335. The fraction of sp³-hybridized carbons (Fsp3) is 0.143. The van der Waals surface area contributed by atoms with Crippen LogP contribution in [0.2, 0.25) is 5.02 Å². The highest BCUT2D eigenvalue weighted by Crippen LogP contribution is 2.28. The summed E-state index contributed by atoms with van der Waals surface area (Å²) in [6, 6.07) is 10.3. The Morgan fingerprint density at radius 2 is 2.05 bits per heavy atom. The highest BCUT2D eigenvalue weighted by Gasteiger charge is 2.05. The SMILES string of the molecule is COc1ccc(Br)cc1NCc1ccc(F)c(Cl)c1. The van der Waals surface area contributed by atoms with Gasteiger partial charge in [0.25, 0.3) is 0 Å². The third-order valence-electron chi connectivity index (χ3n) is 2.63. The van der Waals surface area contributed by atoms with Gasteiger partial charge in [-0.05, 0) is 35.9 Å². The lowest BCUT2D eigenvalue weighted by Gasteiger charge is -2.12. The fourth-order valence-corrected chi connectivity index (χ4v) is 2.23. The van der Waals surface area contributed by atoms with Crippen molar-refractivity contribution in [3.05, 3.63) is 57.3 Å². The van der Waals surface area contributed by atoms with Crippen molar-refractivity contribution in [3.63, 3.8) is 0 Å².